The van der Waals surface area contributed by atoms with Crippen molar-refractivity contribution in [3.63, 3.8) is 0 Å². The number of benzene rings is 2. The third-order valence-electron chi connectivity index (χ3n) is 4.11. The minimum absolute atomic E-state index is 0.776. The van der Waals surface area contributed by atoms with E-state index in [0.717, 1.165) is 18.8 Å². The van der Waals surface area contributed by atoms with Gasteiger partial charge in [-0.25, -0.2) is 0 Å². The van der Waals surface area contributed by atoms with Gasteiger partial charge in [-0.1, -0.05) is 18.2 Å². The molecule has 1 aliphatic heterocycles. The maximum atomic E-state index is 5.39. The lowest BCUT2D eigenvalue weighted by Crippen LogP contribution is -2.24. The van der Waals surface area contributed by atoms with Gasteiger partial charge in [0.1, 0.15) is 5.75 Å². The SMILES string of the molecule is COc1ccccc1CNc1ccc2c(c1)CCCN2C. The van der Waals surface area contributed by atoms with E-state index in [0.29, 0.717) is 0 Å². The molecule has 0 unspecified atom stereocenters. The molecule has 0 saturated heterocycles. The van der Waals surface area contributed by atoms with Gasteiger partial charge in [-0.3, -0.25) is 0 Å². The van der Waals surface area contributed by atoms with Crippen molar-refractivity contribution in [2.24, 2.45) is 0 Å². The Morgan fingerprint density at radius 2 is 2.05 bits per heavy atom. The minimum atomic E-state index is 0.776. The summed E-state index contributed by atoms with van der Waals surface area (Å²) in [6.45, 7) is 1.93. The van der Waals surface area contributed by atoms with Crippen LogP contribution in [0.15, 0.2) is 42.5 Å². The normalized spacial score (nSPS) is 13.7. The van der Waals surface area contributed by atoms with Crippen molar-refractivity contribution in [1.29, 1.82) is 0 Å². The van der Waals surface area contributed by atoms with E-state index in [9.17, 15) is 0 Å². The Morgan fingerprint density at radius 3 is 2.90 bits per heavy atom. The van der Waals surface area contributed by atoms with Gasteiger partial charge in [0.25, 0.3) is 0 Å². The molecule has 2 aromatic carbocycles. The van der Waals surface area contributed by atoms with E-state index in [1.54, 1.807) is 7.11 Å². The topological polar surface area (TPSA) is 24.5 Å². The summed E-state index contributed by atoms with van der Waals surface area (Å²) in [5, 5.41) is 3.50. The van der Waals surface area contributed by atoms with E-state index in [1.165, 1.54) is 35.3 Å². The lowest BCUT2D eigenvalue weighted by Gasteiger charge is -2.28. The van der Waals surface area contributed by atoms with Crippen LogP contribution >= 0.6 is 0 Å². The number of anilines is 2. The molecule has 0 aromatic heterocycles. The highest BCUT2D eigenvalue weighted by atomic mass is 16.5. The highest BCUT2D eigenvalue weighted by Crippen LogP contribution is 2.29. The summed E-state index contributed by atoms with van der Waals surface area (Å²) in [6, 6.07) is 14.8. The molecular weight excluding hydrogens is 260 g/mol. The average molecular weight is 282 g/mol. The quantitative estimate of drug-likeness (QED) is 0.925. The monoisotopic (exact) mass is 282 g/mol. The number of methoxy groups -OCH3 is 1. The van der Waals surface area contributed by atoms with Gasteiger partial charge < -0.3 is 15.0 Å². The molecule has 0 bridgehead atoms. The zero-order valence-electron chi connectivity index (χ0n) is 12.7. The van der Waals surface area contributed by atoms with Crippen molar-refractivity contribution in [3.8, 4) is 5.75 Å². The Morgan fingerprint density at radius 1 is 1.19 bits per heavy atom. The van der Waals surface area contributed by atoms with Crippen LogP contribution < -0.4 is 15.0 Å². The molecule has 0 radical (unpaired) electrons. The molecule has 0 aliphatic carbocycles. The van der Waals surface area contributed by atoms with Crippen LogP contribution in [-0.2, 0) is 13.0 Å². The van der Waals surface area contributed by atoms with E-state index < -0.39 is 0 Å². The average Bonchev–Trinajstić information content (AvgIpc) is 2.53. The number of hydrogen-bond acceptors (Lipinski definition) is 3. The van der Waals surface area contributed by atoms with Crippen LogP contribution in [0.25, 0.3) is 0 Å². The highest BCUT2D eigenvalue weighted by Gasteiger charge is 2.13. The lowest BCUT2D eigenvalue weighted by molar-refractivity contribution is 0.410. The van der Waals surface area contributed by atoms with Crippen LogP contribution in [0, 0.1) is 0 Å². The van der Waals surface area contributed by atoms with Gasteiger partial charge in [-0.15, -0.1) is 0 Å². The third kappa shape index (κ3) is 2.97. The molecule has 1 aliphatic rings. The zero-order valence-corrected chi connectivity index (χ0v) is 12.7. The predicted molar refractivity (Wildman–Crippen MR) is 88.4 cm³/mol. The minimum Gasteiger partial charge on any atom is -0.496 e. The molecule has 0 amide bonds. The van der Waals surface area contributed by atoms with E-state index in [4.69, 9.17) is 4.74 Å². The Labute approximate surface area is 126 Å². The Hall–Kier alpha value is -2.16. The smallest absolute Gasteiger partial charge is 0.123 e. The molecule has 110 valence electrons. The number of hydrogen-bond donors (Lipinski definition) is 1. The maximum Gasteiger partial charge on any atom is 0.123 e. The van der Waals surface area contributed by atoms with E-state index in [2.05, 4.69) is 41.5 Å². The molecule has 2 aromatic rings. The fourth-order valence-electron chi connectivity index (χ4n) is 2.94. The molecule has 0 spiro atoms. The molecule has 0 atom stereocenters. The van der Waals surface area contributed by atoms with Gasteiger partial charge in [0.05, 0.1) is 7.11 Å². The van der Waals surface area contributed by atoms with Gasteiger partial charge >= 0.3 is 0 Å². The summed E-state index contributed by atoms with van der Waals surface area (Å²) in [5.74, 6) is 0.933. The van der Waals surface area contributed by atoms with Crippen molar-refractivity contribution in [2.45, 2.75) is 19.4 Å². The second-order valence-electron chi connectivity index (χ2n) is 5.53. The number of nitrogens with one attached hydrogen (secondary N) is 1. The first-order chi connectivity index (χ1) is 10.3. The summed E-state index contributed by atoms with van der Waals surface area (Å²) in [7, 11) is 3.88. The second kappa shape index (κ2) is 6.08. The number of ether oxygens (including phenoxy) is 1. The number of rotatable bonds is 4. The molecule has 3 rings (SSSR count). The Bertz CT molecular complexity index is 624. The van der Waals surface area contributed by atoms with Crippen molar-refractivity contribution in [3.05, 3.63) is 53.6 Å². The summed E-state index contributed by atoms with van der Waals surface area (Å²) >= 11 is 0. The summed E-state index contributed by atoms with van der Waals surface area (Å²) in [6.07, 6.45) is 2.41. The first-order valence-corrected chi connectivity index (χ1v) is 7.48. The van der Waals surface area contributed by atoms with Gasteiger partial charge in [-0.2, -0.15) is 0 Å². The number of para-hydroxylation sites is 1. The summed E-state index contributed by atoms with van der Waals surface area (Å²) < 4.78 is 5.39. The molecule has 0 fully saturated rings. The second-order valence-corrected chi connectivity index (χ2v) is 5.53. The maximum absolute atomic E-state index is 5.39. The molecule has 3 nitrogen and oxygen atoms in total. The molecule has 1 N–H and O–H groups in total. The van der Waals surface area contributed by atoms with Crippen LogP contribution in [0.2, 0.25) is 0 Å². The van der Waals surface area contributed by atoms with Gasteiger partial charge in [-0.05, 0) is 42.7 Å². The fourth-order valence-corrected chi connectivity index (χ4v) is 2.94. The summed E-state index contributed by atoms with van der Waals surface area (Å²) in [5.41, 5.74) is 5.16. The van der Waals surface area contributed by atoms with Crippen LogP contribution in [0.5, 0.6) is 5.75 Å². The van der Waals surface area contributed by atoms with Crippen molar-refractivity contribution in [2.75, 3.05) is 30.9 Å². The first-order valence-electron chi connectivity index (χ1n) is 7.48. The van der Waals surface area contributed by atoms with Gasteiger partial charge in [0, 0.05) is 37.1 Å². The largest absolute Gasteiger partial charge is 0.496 e. The van der Waals surface area contributed by atoms with Gasteiger partial charge in [0.15, 0.2) is 0 Å². The number of aryl methyl sites for hydroxylation is 1. The van der Waals surface area contributed by atoms with Crippen LogP contribution in [0.3, 0.4) is 0 Å². The molecule has 1 heterocycles. The van der Waals surface area contributed by atoms with Gasteiger partial charge in [0.2, 0.25) is 0 Å². The highest BCUT2D eigenvalue weighted by molar-refractivity contribution is 5.62. The fraction of sp³-hybridized carbons (Fsp3) is 0.333. The number of nitrogens with zero attached hydrogens (tertiary/aromatic N) is 1. The van der Waals surface area contributed by atoms with Crippen LogP contribution in [0.4, 0.5) is 11.4 Å². The van der Waals surface area contributed by atoms with Crippen LogP contribution in [0.1, 0.15) is 17.5 Å². The Kier molecular flexibility index (Phi) is 4.00. The lowest BCUT2D eigenvalue weighted by atomic mass is 10.0. The molecule has 0 saturated carbocycles. The molecule has 21 heavy (non-hydrogen) atoms. The number of fused-ring (bicyclic) bond motifs is 1. The van der Waals surface area contributed by atoms with E-state index >= 15 is 0 Å². The predicted octanol–water partition coefficient (Wildman–Crippen LogP) is 3.69. The Balaban J connectivity index is 1.74. The van der Waals surface area contributed by atoms with Crippen molar-refractivity contribution < 1.29 is 4.74 Å². The molecule has 3 heteroatoms. The van der Waals surface area contributed by atoms with E-state index in [-0.39, 0.29) is 0 Å². The van der Waals surface area contributed by atoms with Crippen molar-refractivity contribution >= 4 is 11.4 Å². The molecular formula is C18H22N2O. The zero-order chi connectivity index (χ0) is 14.7. The van der Waals surface area contributed by atoms with Crippen molar-refractivity contribution in [1.82, 2.24) is 0 Å². The standard InChI is InChI=1S/C18H22N2O/c1-20-11-5-7-14-12-16(9-10-17(14)20)19-13-15-6-3-4-8-18(15)21-2/h3-4,6,8-10,12,19H,5,7,11,13H2,1-2H3. The van der Waals surface area contributed by atoms with E-state index in [1.807, 2.05) is 18.2 Å². The summed E-state index contributed by atoms with van der Waals surface area (Å²) in [4.78, 5) is 2.34. The van der Waals surface area contributed by atoms with Crippen LogP contribution in [-0.4, -0.2) is 20.7 Å². The third-order valence-corrected chi connectivity index (χ3v) is 4.11. The first kappa shape index (κ1) is 13.8.